The molecule has 1 aliphatic heterocycles. The van der Waals surface area contributed by atoms with E-state index in [-0.39, 0.29) is 36.3 Å². The van der Waals surface area contributed by atoms with Crippen molar-refractivity contribution < 1.29 is 4.79 Å². The number of hydrogen-bond donors (Lipinski definition) is 1. The highest BCUT2D eigenvalue weighted by molar-refractivity contribution is 5.85. The summed E-state index contributed by atoms with van der Waals surface area (Å²) < 4.78 is 0. The predicted octanol–water partition coefficient (Wildman–Crippen LogP) is 4.17. The molecule has 1 saturated heterocycles. The molecule has 0 radical (unpaired) electrons. The van der Waals surface area contributed by atoms with Crippen LogP contribution in [0, 0.1) is 0 Å². The van der Waals surface area contributed by atoms with Crippen LogP contribution < -0.4 is 5.73 Å². The van der Waals surface area contributed by atoms with Crippen molar-refractivity contribution in [3.05, 3.63) is 65.7 Å². The SMILES string of the molecule is CC1(C)CN(C(=O)CCc2ccccc2N)CCN1Cc1ccccc1.Cl.Cl. The van der Waals surface area contributed by atoms with E-state index in [1.54, 1.807) is 0 Å². The molecule has 0 spiro atoms. The Morgan fingerprint density at radius 1 is 1.00 bits per heavy atom. The van der Waals surface area contributed by atoms with Crippen LogP contribution in [0.4, 0.5) is 5.69 Å². The van der Waals surface area contributed by atoms with Gasteiger partial charge < -0.3 is 10.6 Å². The van der Waals surface area contributed by atoms with Gasteiger partial charge in [0.2, 0.25) is 5.91 Å². The van der Waals surface area contributed by atoms with Gasteiger partial charge in [-0.05, 0) is 37.5 Å². The van der Waals surface area contributed by atoms with Crippen molar-refractivity contribution in [3.63, 3.8) is 0 Å². The minimum Gasteiger partial charge on any atom is -0.399 e. The van der Waals surface area contributed by atoms with E-state index in [1.165, 1.54) is 5.56 Å². The minimum absolute atomic E-state index is 0. The smallest absolute Gasteiger partial charge is 0.223 e. The largest absolute Gasteiger partial charge is 0.399 e. The second-order valence-electron chi connectivity index (χ2n) is 7.73. The molecule has 1 aliphatic rings. The number of benzene rings is 2. The van der Waals surface area contributed by atoms with Crippen LogP contribution in [0.5, 0.6) is 0 Å². The molecule has 1 amide bonds. The maximum absolute atomic E-state index is 12.7. The Kier molecular flexibility index (Phi) is 9.28. The zero-order chi connectivity index (χ0) is 18.6. The van der Waals surface area contributed by atoms with Crippen molar-refractivity contribution in [2.45, 2.75) is 38.8 Å². The highest BCUT2D eigenvalue weighted by Crippen LogP contribution is 2.24. The van der Waals surface area contributed by atoms with E-state index in [4.69, 9.17) is 5.73 Å². The third-order valence-corrected chi connectivity index (χ3v) is 5.31. The van der Waals surface area contributed by atoms with E-state index in [0.717, 1.165) is 37.4 Å². The fourth-order valence-electron chi connectivity index (χ4n) is 3.66. The number of anilines is 1. The summed E-state index contributed by atoms with van der Waals surface area (Å²) in [4.78, 5) is 17.2. The second-order valence-corrected chi connectivity index (χ2v) is 7.73. The Labute approximate surface area is 180 Å². The third-order valence-electron chi connectivity index (χ3n) is 5.31. The van der Waals surface area contributed by atoms with E-state index in [0.29, 0.717) is 12.8 Å². The third kappa shape index (κ3) is 6.13. The van der Waals surface area contributed by atoms with Crippen molar-refractivity contribution in [2.75, 3.05) is 25.4 Å². The fourth-order valence-corrected chi connectivity index (χ4v) is 3.66. The summed E-state index contributed by atoms with van der Waals surface area (Å²) in [6.45, 7) is 7.84. The van der Waals surface area contributed by atoms with Crippen LogP contribution in [0.1, 0.15) is 31.4 Å². The van der Waals surface area contributed by atoms with Crippen molar-refractivity contribution in [2.24, 2.45) is 0 Å². The molecule has 0 aliphatic carbocycles. The summed E-state index contributed by atoms with van der Waals surface area (Å²) in [5.41, 5.74) is 9.11. The van der Waals surface area contributed by atoms with Crippen LogP contribution in [0.3, 0.4) is 0 Å². The number of piperazine rings is 1. The van der Waals surface area contributed by atoms with Gasteiger partial charge >= 0.3 is 0 Å². The first-order valence-corrected chi connectivity index (χ1v) is 9.36. The molecule has 0 aromatic heterocycles. The Morgan fingerprint density at radius 3 is 2.29 bits per heavy atom. The zero-order valence-electron chi connectivity index (χ0n) is 16.6. The van der Waals surface area contributed by atoms with E-state index in [9.17, 15) is 4.79 Å². The van der Waals surface area contributed by atoms with E-state index in [2.05, 4.69) is 43.0 Å². The average molecular weight is 424 g/mol. The van der Waals surface area contributed by atoms with Gasteiger partial charge in [-0.3, -0.25) is 9.69 Å². The molecular weight excluding hydrogens is 393 g/mol. The fraction of sp³-hybridized carbons (Fsp3) is 0.409. The van der Waals surface area contributed by atoms with Gasteiger partial charge in [-0.1, -0.05) is 48.5 Å². The number of para-hydroxylation sites is 1. The minimum atomic E-state index is -0.0322. The highest BCUT2D eigenvalue weighted by atomic mass is 35.5. The zero-order valence-corrected chi connectivity index (χ0v) is 18.3. The molecule has 154 valence electrons. The molecule has 0 unspecified atom stereocenters. The molecule has 2 aromatic carbocycles. The monoisotopic (exact) mass is 423 g/mol. The molecule has 0 bridgehead atoms. The summed E-state index contributed by atoms with van der Waals surface area (Å²) >= 11 is 0. The van der Waals surface area contributed by atoms with Gasteiger partial charge in [0.25, 0.3) is 0 Å². The van der Waals surface area contributed by atoms with Crippen molar-refractivity contribution in [1.29, 1.82) is 0 Å². The van der Waals surface area contributed by atoms with Gasteiger partial charge in [-0.15, -0.1) is 24.8 Å². The number of aryl methyl sites for hydroxylation is 1. The number of nitrogens with zero attached hydrogens (tertiary/aromatic N) is 2. The Hall–Kier alpha value is -1.75. The predicted molar refractivity (Wildman–Crippen MR) is 121 cm³/mol. The number of nitrogen functional groups attached to an aromatic ring is 1. The van der Waals surface area contributed by atoms with E-state index < -0.39 is 0 Å². The number of hydrogen-bond acceptors (Lipinski definition) is 3. The molecule has 3 rings (SSSR count). The number of rotatable bonds is 5. The first-order chi connectivity index (χ1) is 12.5. The molecule has 2 aromatic rings. The Balaban J connectivity index is 0.00000196. The molecule has 6 heteroatoms. The van der Waals surface area contributed by atoms with E-state index >= 15 is 0 Å². The topological polar surface area (TPSA) is 49.6 Å². The normalized spacial score (nSPS) is 16.0. The number of carbonyl (C=O) groups is 1. The van der Waals surface area contributed by atoms with Crippen LogP contribution in [0.25, 0.3) is 0 Å². The van der Waals surface area contributed by atoms with Crippen LogP contribution in [-0.2, 0) is 17.8 Å². The van der Waals surface area contributed by atoms with Gasteiger partial charge in [0.1, 0.15) is 0 Å². The van der Waals surface area contributed by atoms with Gasteiger partial charge in [-0.2, -0.15) is 0 Å². The van der Waals surface area contributed by atoms with Crippen molar-refractivity contribution >= 4 is 36.4 Å². The first kappa shape index (κ1) is 24.3. The molecule has 28 heavy (non-hydrogen) atoms. The van der Waals surface area contributed by atoms with Gasteiger partial charge in [0, 0.05) is 43.8 Å². The quantitative estimate of drug-likeness (QED) is 0.733. The summed E-state index contributed by atoms with van der Waals surface area (Å²) in [7, 11) is 0. The molecule has 1 fully saturated rings. The van der Waals surface area contributed by atoms with Gasteiger partial charge in [0.15, 0.2) is 0 Å². The maximum atomic E-state index is 12.7. The number of nitrogens with two attached hydrogens (primary N) is 1. The summed E-state index contributed by atoms with van der Waals surface area (Å²) in [5.74, 6) is 0.223. The lowest BCUT2D eigenvalue weighted by Gasteiger charge is -2.47. The number of amides is 1. The lowest BCUT2D eigenvalue weighted by atomic mass is 9.97. The maximum Gasteiger partial charge on any atom is 0.223 e. The second kappa shape index (κ2) is 10.7. The molecule has 0 saturated carbocycles. The van der Waals surface area contributed by atoms with Gasteiger partial charge in [0.05, 0.1) is 0 Å². The Morgan fingerprint density at radius 2 is 1.64 bits per heavy atom. The molecule has 1 heterocycles. The highest BCUT2D eigenvalue weighted by Gasteiger charge is 2.35. The molecule has 4 nitrogen and oxygen atoms in total. The lowest BCUT2D eigenvalue weighted by molar-refractivity contribution is -0.136. The van der Waals surface area contributed by atoms with Crippen molar-refractivity contribution in [1.82, 2.24) is 9.80 Å². The number of halogens is 2. The average Bonchev–Trinajstić information content (AvgIpc) is 2.63. The lowest BCUT2D eigenvalue weighted by Crippen LogP contribution is -2.59. The molecular formula is C22H31Cl2N3O. The summed E-state index contributed by atoms with van der Waals surface area (Å²) in [5, 5.41) is 0. The summed E-state index contributed by atoms with van der Waals surface area (Å²) in [6, 6.07) is 18.3. The molecule has 2 N–H and O–H groups in total. The van der Waals surface area contributed by atoms with Crippen LogP contribution in [-0.4, -0.2) is 40.9 Å². The van der Waals surface area contributed by atoms with Crippen LogP contribution >= 0.6 is 24.8 Å². The van der Waals surface area contributed by atoms with E-state index in [1.807, 2.05) is 35.2 Å². The van der Waals surface area contributed by atoms with Crippen LogP contribution in [0.2, 0.25) is 0 Å². The van der Waals surface area contributed by atoms with Crippen LogP contribution in [0.15, 0.2) is 54.6 Å². The molecule has 0 atom stereocenters. The first-order valence-electron chi connectivity index (χ1n) is 9.36. The summed E-state index contributed by atoms with van der Waals surface area (Å²) in [6.07, 6.45) is 1.22. The van der Waals surface area contributed by atoms with Gasteiger partial charge in [-0.25, -0.2) is 0 Å². The standard InChI is InChI=1S/C22H29N3O.2ClH/c1-22(2)17-24(14-15-25(22)16-18-8-4-3-5-9-18)21(26)13-12-19-10-6-7-11-20(19)23;;/h3-11H,12-17,23H2,1-2H3;2*1H. The van der Waals surface area contributed by atoms with Crippen molar-refractivity contribution in [3.8, 4) is 0 Å². The number of carbonyl (C=O) groups excluding carboxylic acids is 1. The Bertz CT molecular complexity index is 752.